The summed E-state index contributed by atoms with van der Waals surface area (Å²) < 4.78 is 48.5. The van der Waals surface area contributed by atoms with E-state index in [1.807, 2.05) is 0 Å². The number of benzene rings is 1. The molecule has 0 heterocycles. The summed E-state index contributed by atoms with van der Waals surface area (Å²) in [5.74, 6) is 4.51. The van der Waals surface area contributed by atoms with Gasteiger partial charge >= 0.3 is 6.18 Å². The highest BCUT2D eigenvalue weighted by Crippen LogP contribution is 2.25. The summed E-state index contributed by atoms with van der Waals surface area (Å²) in [4.78, 5) is 0. The quantitative estimate of drug-likeness (QED) is 0.468. The highest BCUT2D eigenvalue weighted by molar-refractivity contribution is 5.50. The van der Waals surface area contributed by atoms with E-state index >= 15 is 0 Å². The Balaban J connectivity index is 2.79. The van der Waals surface area contributed by atoms with Crippen molar-refractivity contribution in [3.8, 4) is 0 Å². The molecule has 0 amide bonds. The third kappa shape index (κ3) is 3.75. The largest absolute Gasteiger partial charge is 0.389 e. The van der Waals surface area contributed by atoms with Crippen molar-refractivity contribution in [1.82, 2.24) is 0 Å². The summed E-state index contributed by atoms with van der Waals surface area (Å²) in [5, 5.41) is 0. The van der Waals surface area contributed by atoms with E-state index < -0.39 is 18.4 Å². The topological polar surface area (TPSA) is 38.0 Å². The highest BCUT2D eigenvalue weighted by atomic mass is 19.4. The molecule has 0 unspecified atom stereocenters. The molecule has 1 rings (SSSR count). The molecular weight excluding hydrogens is 212 g/mol. The van der Waals surface area contributed by atoms with E-state index in [9.17, 15) is 17.6 Å². The van der Waals surface area contributed by atoms with Gasteiger partial charge in [-0.25, -0.2) is 4.39 Å². The first-order valence-corrected chi connectivity index (χ1v) is 4.24. The summed E-state index contributed by atoms with van der Waals surface area (Å²) in [7, 11) is 0. The average molecular weight is 222 g/mol. The van der Waals surface area contributed by atoms with Gasteiger partial charge in [0.05, 0.1) is 5.69 Å². The number of nitrogens with one attached hydrogen (secondary N) is 1. The van der Waals surface area contributed by atoms with E-state index in [4.69, 9.17) is 5.84 Å². The SMILES string of the molecule is NNc1ccc(F)cc1CCC(F)(F)F. The first-order chi connectivity index (χ1) is 6.92. The highest BCUT2D eigenvalue weighted by Gasteiger charge is 2.26. The van der Waals surface area contributed by atoms with Crippen LogP contribution in [0.4, 0.5) is 23.2 Å². The zero-order chi connectivity index (χ0) is 11.5. The van der Waals surface area contributed by atoms with Crippen molar-refractivity contribution in [3.63, 3.8) is 0 Å². The van der Waals surface area contributed by atoms with E-state index in [0.717, 1.165) is 12.1 Å². The zero-order valence-electron chi connectivity index (χ0n) is 7.74. The van der Waals surface area contributed by atoms with Gasteiger partial charge in [-0.3, -0.25) is 5.84 Å². The first-order valence-electron chi connectivity index (χ1n) is 4.24. The number of aryl methyl sites for hydroxylation is 1. The predicted molar refractivity (Wildman–Crippen MR) is 48.6 cm³/mol. The minimum absolute atomic E-state index is 0.217. The van der Waals surface area contributed by atoms with Gasteiger partial charge in [0.1, 0.15) is 5.82 Å². The Bertz CT molecular complexity index is 335. The molecule has 0 aromatic heterocycles. The van der Waals surface area contributed by atoms with Gasteiger partial charge in [0.2, 0.25) is 0 Å². The molecule has 0 atom stereocenters. The molecule has 0 aliphatic carbocycles. The van der Waals surface area contributed by atoms with Crippen molar-refractivity contribution in [3.05, 3.63) is 29.6 Å². The lowest BCUT2D eigenvalue weighted by molar-refractivity contribution is -0.133. The van der Waals surface area contributed by atoms with Crippen LogP contribution in [0, 0.1) is 5.82 Å². The molecule has 0 aliphatic rings. The molecule has 3 N–H and O–H groups in total. The van der Waals surface area contributed by atoms with Crippen molar-refractivity contribution in [1.29, 1.82) is 0 Å². The minimum atomic E-state index is -4.25. The van der Waals surface area contributed by atoms with Gasteiger partial charge in [0, 0.05) is 6.42 Å². The number of rotatable bonds is 3. The van der Waals surface area contributed by atoms with Crippen molar-refractivity contribution in [2.45, 2.75) is 19.0 Å². The van der Waals surface area contributed by atoms with Crippen LogP contribution in [0.2, 0.25) is 0 Å². The van der Waals surface area contributed by atoms with Gasteiger partial charge in [-0.15, -0.1) is 0 Å². The molecule has 84 valence electrons. The second-order valence-corrected chi connectivity index (χ2v) is 3.06. The van der Waals surface area contributed by atoms with Crippen LogP contribution in [-0.2, 0) is 6.42 Å². The van der Waals surface area contributed by atoms with Crippen LogP contribution in [0.3, 0.4) is 0 Å². The molecule has 15 heavy (non-hydrogen) atoms. The van der Waals surface area contributed by atoms with Crippen LogP contribution in [0.25, 0.3) is 0 Å². The molecule has 0 aliphatic heterocycles. The summed E-state index contributed by atoms with van der Waals surface area (Å²) >= 11 is 0. The second kappa shape index (κ2) is 4.48. The summed E-state index contributed by atoms with van der Waals surface area (Å²) in [6, 6.07) is 3.48. The van der Waals surface area contributed by atoms with E-state index in [1.54, 1.807) is 0 Å². The van der Waals surface area contributed by atoms with Gasteiger partial charge < -0.3 is 5.43 Å². The molecule has 0 bridgehead atoms. The van der Waals surface area contributed by atoms with Crippen molar-refractivity contribution < 1.29 is 17.6 Å². The van der Waals surface area contributed by atoms with Gasteiger partial charge in [0.15, 0.2) is 0 Å². The van der Waals surface area contributed by atoms with Gasteiger partial charge in [0.25, 0.3) is 0 Å². The first kappa shape index (κ1) is 11.8. The number of nitrogens with two attached hydrogens (primary N) is 1. The van der Waals surface area contributed by atoms with Crippen LogP contribution < -0.4 is 11.3 Å². The summed E-state index contributed by atoms with van der Waals surface area (Å²) in [5.41, 5.74) is 2.75. The molecule has 0 spiro atoms. The normalized spacial score (nSPS) is 11.5. The van der Waals surface area contributed by atoms with E-state index in [0.29, 0.717) is 5.69 Å². The van der Waals surface area contributed by atoms with Gasteiger partial charge in [-0.2, -0.15) is 13.2 Å². The Morgan fingerprint density at radius 2 is 1.93 bits per heavy atom. The predicted octanol–water partition coefficient (Wildman–Crippen LogP) is 2.61. The molecule has 2 nitrogen and oxygen atoms in total. The average Bonchev–Trinajstić information content (AvgIpc) is 2.14. The maximum atomic E-state index is 12.8. The maximum absolute atomic E-state index is 12.8. The van der Waals surface area contributed by atoms with Crippen LogP contribution in [-0.4, -0.2) is 6.18 Å². The minimum Gasteiger partial charge on any atom is -0.324 e. The Morgan fingerprint density at radius 1 is 1.27 bits per heavy atom. The fourth-order valence-corrected chi connectivity index (χ4v) is 1.19. The summed E-state index contributed by atoms with van der Waals surface area (Å²) in [6.45, 7) is 0. The number of hydrogen-bond donors (Lipinski definition) is 2. The smallest absolute Gasteiger partial charge is 0.324 e. The number of anilines is 1. The molecule has 0 radical (unpaired) electrons. The van der Waals surface area contributed by atoms with Crippen LogP contribution in [0.15, 0.2) is 18.2 Å². The van der Waals surface area contributed by atoms with Crippen molar-refractivity contribution >= 4 is 5.69 Å². The molecule has 0 saturated heterocycles. The third-order valence-electron chi connectivity index (χ3n) is 1.90. The monoisotopic (exact) mass is 222 g/mol. The number of hydrazine groups is 1. The molecule has 1 aromatic carbocycles. The Labute approximate surface area is 84.0 Å². The van der Waals surface area contributed by atoms with E-state index in [2.05, 4.69) is 5.43 Å². The van der Waals surface area contributed by atoms with Crippen LogP contribution >= 0.6 is 0 Å². The third-order valence-corrected chi connectivity index (χ3v) is 1.90. The molecular formula is C9H10F4N2. The Hall–Kier alpha value is -1.30. The van der Waals surface area contributed by atoms with Crippen LogP contribution in [0.5, 0.6) is 0 Å². The molecule has 1 aromatic rings. The van der Waals surface area contributed by atoms with Crippen molar-refractivity contribution in [2.75, 3.05) is 5.43 Å². The molecule has 6 heteroatoms. The lowest BCUT2D eigenvalue weighted by Gasteiger charge is -2.10. The summed E-state index contributed by atoms with van der Waals surface area (Å²) in [6.07, 6.45) is -5.54. The molecule has 0 saturated carbocycles. The fraction of sp³-hybridized carbons (Fsp3) is 0.333. The molecule has 0 fully saturated rings. The zero-order valence-corrected chi connectivity index (χ0v) is 7.74. The van der Waals surface area contributed by atoms with E-state index in [-0.39, 0.29) is 12.0 Å². The lowest BCUT2D eigenvalue weighted by Crippen LogP contribution is -2.12. The number of halogens is 4. The maximum Gasteiger partial charge on any atom is 0.389 e. The van der Waals surface area contributed by atoms with Gasteiger partial charge in [-0.1, -0.05) is 0 Å². The standard InChI is InChI=1S/C9H10F4N2/c10-7-1-2-8(15-14)6(5-7)3-4-9(11,12)13/h1-2,5,15H,3-4,14H2. The van der Waals surface area contributed by atoms with Crippen molar-refractivity contribution in [2.24, 2.45) is 5.84 Å². The van der Waals surface area contributed by atoms with E-state index in [1.165, 1.54) is 6.07 Å². The van der Waals surface area contributed by atoms with Gasteiger partial charge in [-0.05, 0) is 30.2 Å². The second-order valence-electron chi connectivity index (χ2n) is 3.06. The fourth-order valence-electron chi connectivity index (χ4n) is 1.19. The number of nitrogen functional groups attached to an aromatic ring is 1. The van der Waals surface area contributed by atoms with Crippen LogP contribution in [0.1, 0.15) is 12.0 Å². The lowest BCUT2D eigenvalue weighted by atomic mass is 10.1. The number of alkyl halides is 3. The Kier molecular flexibility index (Phi) is 3.52. The number of hydrogen-bond acceptors (Lipinski definition) is 2. The Morgan fingerprint density at radius 3 is 2.47 bits per heavy atom.